The second-order valence-electron chi connectivity index (χ2n) is 4.80. The van der Waals surface area contributed by atoms with Crippen LogP contribution in [0, 0.1) is 5.92 Å². The van der Waals surface area contributed by atoms with E-state index in [-0.39, 0.29) is 0 Å². The number of nitrogens with one attached hydrogen (secondary N) is 1. The van der Waals surface area contributed by atoms with E-state index < -0.39 is 0 Å². The Morgan fingerprint density at radius 3 is 2.67 bits per heavy atom. The molecule has 1 aliphatic rings. The minimum Gasteiger partial charge on any atom is -0.313 e. The molecule has 1 rings (SSSR count). The highest BCUT2D eigenvalue weighted by Gasteiger charge is 2.28. The van der Waals surface area contributed by atoms with E-state index in [1.807, 2.05) is 0 Å². The van der Waals surface area contributed by atoms with Gasteiger partial charge in [0.15, 0.2) is 0 Å². The number of rotatable bonds is 7. The molecule has 1 aliphatic heterocycles. The minimum atomic E-state index is 0.761. The van der Waals surface area contributed by atoms with Gasteiger partial charge in [-0.05, 0) is 43.9 Å². The van der Waals surface area contributed by atoms with Crippen molar-refractivity contribution in [2.45, 2.75) is 64.2 Å². The lowest BCUT2D eigenvalue weighted by atomic mass is 9.92. The van der Waals surface area contributed by atoms with E-state index in [1.165, 1.54) is 44.4 Å². The maximum atomic E-state index is 3.78. The molecule has 1 heterocycles. The molecule has 1 fully saturated rings. The molecular formula is C13H27NS. The Kier molecular flexibility index (Phi) is 6.74. The average Bonchev–Trinajstić information content (AvgIpc) is 2.72. The van der Waals surface area contributed by atoms with Gasteiger partial charge in [-0.25, -0.2) is 0 Å². The lowest BCUT2D eigenvalue weighted by Gasteiger charge is -2.30. The van der Waals surface area contributed by atoms with Crippen molar-refractivity contribution in [3.8, 4) is 0 Å². The molecule has 1 nitrogen and oxygen atoms in total. The van der Waals surface area contributed by atoms with Crippen LogP contribution in [-0.2, 0) is 0 Å². The zero-order chi connectivity index (χ0) is 11.1. The first-order chi connectivity index (χ1) is 7.29. The second kappa shape index (κ2) is 7.56. The summed E-state index contributed by atoms with van der Waals surface area (Å²) in [4.78, 5) is 0. The topological polar surface area (TPSA) is 12.0 Å². The molecule has 1 N–H and O–H groups in total. The van der Waals surface area contributed by atoms with Crippen LogP contribution in [0.1, 0.15) is 52.9 Å². The van der Waals surface area contributed by atoms with Gasteiger partial charge in [-0.1, -0.05) is 27.2 Å². The van der Waals surface area contributed by atoms with Gasteiger partial charge in [0.05, 0.1) is 0 Å². The van der Waals surface area contributed by atoms with Crippen molar-refractivity contribution in [2.24, 2.45) is 5.92 Å². The van der Waals surface area contributed by atoms with E-state index >= 15 is 0 Å². The monoisotopic (exact) mass is 229 g/mol. The molecule has 1 saturated heterocycles. The van der Waals surface area contributed by atoms with Crippen molar-refractivity contribution >= 4 is 11.8 Å². The Labute approximate surface area is 99.8 Å². The van der Waals surface area contributed by atoms with Gasteiger partial charge in [0, 0.05) is 11.3 Å². The summed E-state index contributed by atoms with van der Waals surface area (Å²) in [5, 5.41) is 4.66. The largest absolute Gasteiger partial charge is 0.313 e. The Balaban J connectivity index is 2.42. The van der Waals surface area contributed by atoms with Crippen molar-refractivity contribution in [1.29, 1.82) is 0 Å². The fourth-order valence-electron chi connectivity index (χ4n) is 2.53. The van der Waals surface area contributed by atoms with Gasteiger partial charge in [0.1, 0.15) is 0 Å². The summed E-state index contributed by atoms with van der Waals surface area (Å²) < 4.78 is 0. The van der Waals surface area contributed by atoms with Crippen molar-refractivity contribution < 1.29 is 0 Å². The fraction of sp³-hybridized carbons (Fsp3) is 1.00. The van der Waals surface area contributed by atoms with Crippen molar-refractivity contribution in [3.63, 3.8) is 0 Å². The molecule has 3 unspecified atom stereocenters. The predicted molar refractivity (Wildman–Crippen MR) is 71.6 cm³/mol. The van der Waals surface area contributed by atoms with E-state index in [4.69, 9.17) is 0 Å². The summed E-state index contributed by atoms with van der Waals surface area (Å²) in [7, 11) is 0. The Morgan fingerprint density at radius 2 is 2.13 bits per heavy atom. The summed E-state index contributed by atoms with van der Waals surface area (Å²) in [6.45, 7) is 8.18. The van der Waals surface area contributed by atoms with E-state index in [0.717, 1.165) is 17.2 Å². The third kappa shape index (κ3) is 4.36. The molecule has 0 spiro atoms. The molecule has 0 bridgehead atoms. The molecule has 0 aromatic carbocycles. The van der Waals surface area contributed by atoms with Gasteiger partial charge in [-0.3, -0.25) is 0 Å². The zero-order valence-electron chi connectivity index (χ0n) is 10.6. The normalized spacial score (nSPS) is 25.4. The quantitative estimate of drug-likeness (QED) is 0.714. The summed E-state index contributed by atoms with van der Waals surface area (Å²) in [5.41, 5.74) is 0. The van der Waals surface area contributed by atoms with Gasteiger partial charge in [0.25, 0.3) is 0 Å². The molecule has 2 heteroatoms. The molecule has 3 atom stereocenters. The van der Waals surface area contributed by atoms with Crippen LogP contribution in [0.2, 0.25) is 0 Å². The van der Waals surface area contributed by atoms with Crippen molar-refractivity contribution in [3.05, 3.63) is 0 Å². The lowest BCUT2D eigenvalue weighted by Crippen LogP contribution is -2.42. The van der Waals surface area contributed by atoms with E-state index in [1.54, 1.807) is 0 Å². The molecule has 0 radical (unpaired) electrons. The average molecular weight is 229 g/mol. The highest BCUT2D eigenvalue weighted by molar-refractivity contribution is 8.00. The number of hydrogen-bond acceptors (Lipinski definition) is 2. The van der Waals surface area contributed by atoms with Crippen molar-refractivity contribution in [1.82, 2.24) is 5.32 Å². The van der Waals surface area contributed by atoms with Crippen LogP contribution >= 0.6 is 11.8 Å². The van der Waals surface area contributed by atoms with E-state index in [2.05, 4.69) is 37.8 Å². The van der Waals surface area contributed by atoms with Gasteiger partial charge in [0.2, 0.25) is 0 Å². The first-order valence-corrected chi connectivity index (χ1v) is 7.69. The summed E-state index contributed by atoms with van der Waals surface area (Å²) in [6, 6.07) is 0.761. The van der Waals surface area contributed by atoms with Crippen molar-refractivity contribution in [2.75, 3.05) is 12.3 Å². The smallest absolute Gasteiger partial charge is 0.0212 e. The first kappa shape index (κ1) is 13.4. The van der Waals surface area contributed by atoms with Crippen LogP contribution in [0.25, 0.3) is 0 Å². The Morgan fingerprint density at radius 1 is 1.33 bits per heavy atom. The maximum Gasteiger partial charge on any atom is 0.0212 e. The Hall–Kier alpha value is 0.310. The molecule has 0 aromatic heterocycles. The molecular weight excluding hydrogens is 202 g/mol. The van der Waals surface area contributed by atoms with Crippen LogP contribution < -0.4 is 5.32 Å². The third-order valence-corrected chi connectivity index (χ3v) is 4.83. The summed E-state index contributed by atoms with van der Waals surface area (Å²) in [6.07, 6.45) is 6.81. The first-order valence-electron chi connectivity index (χ1n) is 6.64. The second-order valence-corrected chi connectivity index (χ2v) is 6.14. The van der Waals surface area contributed by atoms with Crippen LogP contribution in [-0.4, -0.2) is 23.6 Å². The predicted octanol–water partition coefficient (Wildman–Crippen LogP) is 3.69. The third-order valence-electron chi connectivity index (χ3n) is 3.35. The molecule has 15 heavy (non-hydrogen) atoms. The molecule has 90 valence electrons. The number of thioether (sulfide) groups is 1. The summed E-state index contributed by atoms with van der Waals surface area (Å²) in [5.74, 6) is 2.23. The van der Waals surface area contributed by atoms with Gasteiger partial charge in [-0.2, -0.15) is 11.8 Å². The zero-order valence-corrected chi connectivity index (χ0v) is 11.4. The van der Waals surface area contributed by atoms with E-state index in [0.29, 0.717) is 0 Å². The fourth-order valence-corrected chi connectivity index (χ4v) is 4.07. The van der Waals surface area contributed by atoms with Crippen LogP contribution in [0.5, 0.6) is 0 Å². The van der Waals surface area contributed by atoms with Crippen LogP contribution in [0.3, 0.4) is 0 Å². The van der Waals surface area contributed by atoms with Crippen LogP contribution in [0.4, 0.5) is 0 Å². The summed E-state index contributed by atoms with van der Waals surface area (Å²) >= 11 is 2.19. The van der Waals surface area contributed by atoms with Crippen LogP contribution in [0.15, 0.2) is 0 Å². The van der Waals surface area contributed by atoms with E-state index in [9.17, 15) is 0 Å². The molecule has 0 amide bonds. The number of hydrogen-bond donors (Lipinski definition) is 1. The lowest BCUT2D eigenvalue weighted by molar-refractivity contribution is 0.342. The van der Waals surface area contributed by atoms with Gasteiger partial charge < -0.3 is 5.32 Å². The Bertz CT molecular complexity index is 155. The molecule has 0 saturated carbocycles. The molecule has 0 aromatic rings. The molecule has 0 aliphatic carbocycles. The maximum absolute atomic E-state index is 3.78. The highest BCUT2D eigenvalue weighted by Crippen LogP contribution is 2.32. The SMILES string of the molecule is CCCNC(C(C)CCC)C1CCCS1. The highest BCUT2D eigenvalue weighted by atomic mass is 32.2. The standard InChI is InChI=1S/C13H27NS/c1-4-7-11(3)13(14-9-5-2)12-8-6-10-15-12/h11-14H,4-10H2,1-3H3. The van der Waals surface area contributed by atoms with Gasteiger partial charge >= 0.3 is 0 Å². The minimum absolute atomic E-state index is 0.761. The van der Waals surface area contributed by atoms with Gasteiger partial charge in [-0.15, -0.1) is 0 Å².